The van der Waals surface area contributed by atoms with E-state index in [4.69, 9.17) is 10.5 Å². The van der Waals surface area contributed by atoms with E-state index in [9.17, 15) is 0 Å². The van der Waals surface area contributed by atoms with Crippen LogP contribution in [0.25, 0.3) is 0 Å². The summed E-state index contributed by atoms with van der Waals surface area (Å²) in [5.41, 5.74) is 6.50. The second-order valence-electron chi connectivity index (χ2n) is 4.99. The van der Waals surface area contributed by atoms with Crippen molar-refractivity contribution in [1.29, 1.82) is 0 Å². The zero-order valence-corrected chi connectivity index (χ0v) is 11.1. The minimum atomic E-state index is 0.480. The van der Waals surface area contributed by atoms with Crippen LogP contribution in [0, 0.1) is 11.8 Å². The Kier molecular flexibility index (Phi) is 4.23. The third kappa shape index (κ3) is 3.24. The van der Waals surface area contributed by atoms with Crippen molar-refractivity contribution in [3.8, 4) is 5.88 Å². The summed E-state index contributed by atoms with van der Waals surface area (Å²) in [7, 11) is 0. The van der Waals surface area contributed by atoms with Crippen LogP contribution in [-0.2, 0) is 0 Å². The van der Waals surface area contributed by atoms with Crippen LogP contribution in [0.1, 0.15) is 33.1 Å². The molecule has 1 fully saturated rings. The van der Waals surface area contributed by atoms with Crippen molar-refractivity contribution in [3.05, 3.63) is 6.33 Å². The predicted octanol–water partition coefficient (Wildman–Crippen LogP) is 2.31. The van der Waals surface area contributed by atoms with Gasteiger partial charge in [-0.25, -0.2) is 4.98 Å². The number of nitrogen functional groups attached to an aromatic ring is 1. The predicted molar refractivity (Wildman–Crippen MR) is 72.6 cm³/mol. The average Bonchev–Trinajstić information content (AvgIpc) is 3.20. The summed E-state index contributed by atoms with van der Waals surface area (Å²) < 4.78 is 5.48. The van der Waals surface area contributed by atoms with Crippen LogP contribution in [-0.4, -0.2) is 23.1 Å². The van der Waals surface area contributed by atoms with Gasteiger partial charge in [0.05, 0.1) is 6.61 Å². The summed E-state index contributed by atoms with van der Waals surface area (Å²) >= 11 is 0. The summed E-state index contributed by atoms with van der Waals surface area (Å²) in [5, 5.41) is 3.29. The maximum absolute atomic E-state index is 5.99. The fourth-order valence-corrected chi connectivity index (χ4v) is 1.92. The number of nitrogens with one attached hydrogen (secondary N) is 1. The Labute approximate surface area is 108 Å². The number of hydrogen-bond donors (Lipinski definition) is 2. The Hall–Kier alpha value is -1.52. The van der Waals surface area contributed by atoms with E-state index in [1.807, 2.05) is 6.92 Å². The van der Waals surface area contributed by atoms with Gasteiger partial charge in [0.25, 0.3) is 0 Å². The molecule has 0 saturated heterocycles. The van der Waals surface area contributed by atoms with E-state index in [0.717, 1.165) is 18.9 Å². The fraction of sp³-hybridized carbons (Fsp3) is 0.692. The summed E-state index contributed by atoms with van der Waals surface area (Å²) in [6.07, 6.45) is 5.14. The zero-order chi connectivity index (χ0) is 13.0. The minimum Gasteiger partial charge on any atom is -0.476 e. The largest absolute Gasteiger partial charge is 0.476 e. The van der Waals surface area contributed by atoms with Crippen molar-refractivity contribution >= 4 is 11.5 Å². The Morgan fingerprint density at radius 3 is 2.94 bits per heavy atom. The molecule has 0 spiro atoms. The van der Waals surface area contributed by atoms with Gasteiger partial charge in [-0.05, 0) is 31.1 Å². The molecule has 0 radical (unpaired) electrons. The number of nitrogens with two attached hydrogens (primary N) is 1. The monoisotopic (exact) mass is 250 g/mol. The lowest BCUT2D eigenvalue weighted by molar-refractivity contribution is 0.306. The third-order valence-electron chi connectivity index (χ3n) is 3.31. The van der Waals surface area contributed by atoms with Gasteiger partial charge < -0.3 is 15.8 Å². The first-order valence-electron chi connectivity index (χ1n) is 6.69. The normalized spacial score (nSPS) is 16.3. The summed E-state index contributed by atoms with van der Waals surface area (Å²) in [6, 6.07) is 0. The smallest absolute Gasteiger partial charge is 0.242 e. The second kappa shape index (κ2) is 5.89. The quantitative estimate of drug-likeness (QED) is 0.777. The van der Waals surface area contributed by atoms with Crippen molar-refractivity contribution in [1.82, 2.24) is 9.97 Å². The van der Waals surface area contributed by atoms with Gasteiger partial charge in [0.2, 0.25) is 5.88 Å². The minimum absolute atomic E-state index is 0.480. The molecule has 1 aromatic rings. The van der Waals surface area contributed by atoms with Gasteiger partial charge in [-0.2, -0.15) is 4.98 Å². The lowest BCUT2D eigenvalue weighted by Crippen LogP contribution is -2.15. The lowest BCUT2D eigenvalue weighted by Gasteiger charge is -2.14. The first-order chi connectivity index (χ1) is 8.72. The molecule has 3 N–H and O–H groups in total. The Morgan fingerprint density at radius 1 is 1.50 bits per heavy atom. The van der Waals surface area contributed by atoms with Crippen LogP contribution in [0.4, 0.5) is 11.5 Å². The standard InChI is InChI=1S/C13H22N4O/c1-3-6-18-13-11(14)12(16-8-17-13)15-7-9(2)10-4-5-10/h8-10H,3-7,14H2,1-2H3,(H,15,16,17). The van der Waals surface area contributed by atoms with Crippen LogP contribution in [0.15, 0.2) is 6.33 Å². The van der Waals surface area contributed by atoms with Crippen molar-refractivity contribution in [2.75, 3.05) is 24.2 Å². The molecule has 0 aliphatic heterocycles. The molecule has 5 heteroatoms. The van der Waals surface area contributed by atoms with Gasteiger partial charge in [-0.1, -0.05) is 13.8 Å². The number of aromatic nitrogens is 2. The highest BCUT2D eigenvalue weighted by molar-refractivity contribution is 5.66. The highest BCUT2D eigenvalue weighted by Gasteiger charge is 2.27. The number of rotatable bonds is 7. The highest BCUT2D eigenvalue weighted by atomic mass is 16.5. The molecular formula is C13H22N4O. The molecule has 1 heterocycles. The van der Waals surface area contributed by atoms with Gasteiger partial charge in [-0.3, -0.25) is 0 Å². The second-order valence-corrected chi connectivity index (χ2v) is 4.99. The van der Waals surface area contributed by atoms with Crippen LogP contribution < -0.4 is 15.8 Å². The first kappa shape index (κ1) is 12.9. The topological polar surface area (TPSA) is 73.1 Å². The van der Waals surface area contributed by atoms with Gasteiger partial charge in [0.1, 0.15) is 12.0 Å². The lowest BCUT2D eigenvalue weighted by atomic mass is 10.1. The van der Waals surface area contributed by atoms with Crippen LogP contribution in [0.3, 0.4) is 0 Å². The molecule has 100 valence electrons. The third-order valence-corrected chi connectivity index (χ3v) is 3.31. The van der Waals surface area contributed by atoms with Gasteiger partial charge in [0, 0.05) is 6.54 Å². The molecule has 1 aromatic heterocycles. The molecule has 1 unspecified atom stereocenters. The van der Waals surface area contributed by atoms with E-state index in [1.54, 1.807) is 0 Å². The molecule has 1 atom stereocenters. The summed E-state index contributed by atoms with van der Waals surface area (Å²) in [5.74, 6) is 2.70. The first-order valence-corrected chi connectivity index (χ1v) is 6.69. The van der Waals surface area contributed by atoms with E-state index in [1.165, 1.54) is 19.2 Å². The maximum atomic E-state index is 5.99. The van der Waals surface area contributed by atoms with Gasteiger partial charge >= 0.3 is 0 Å². The average molecular weight is 250 g/mol. The van der Waals surface area contributed by atoms with Gasteiger partial charge in [0.15, 0.2) is 5.82 Å². The summed E-state index contributed by atoms with van der Waals surface area (Å²) in [6.45, 7) is 5.84. The number of nitrogens with zero attached hydrogens (tertiary/aromatic N) is 2. The molecule has 1 saturated carbocycles. The molecule has 18 heavy (non-hydrogen) atoms. The number of anilines is 2. The van der Waals surface area contributed by atoms with Crippen molar-refractivity contribution < 1.29 is 4.74 Å². The Bertz CT molecular complexity index is 393. The van der Waals surface area contributed by atoms with E-state index in [2.05, 4.69) is 22.2 Å². The van der Waals surface area contributed by atoms with E-state index < -0.39 is 0 Å². The molecular weight excluding hydrogens is 228 g/mol. The van der Waals surface area contributed by atoms with Crippen molar-refractivity contribution in [2.24, 2.45) is 11.8 Å². The van der Waals surface area contributed by atoms with Gasteiger partial charge in [-0.15, -0.1) is 0 Å². The van der Waals surface area contributed by atoms with E-state index in [0.29, 0.717) is 29.9 Å². The van der Waals surface area contributed by atoms with Crippen molar-refractivity contribution in [3.63, 3.8) is 0 Å². The molecule has 5 nitrogen and oxygen atoms in total. The SMILES string of the molecule is CCCOc1ncnc(NCC(C)C2CC2)c1N. The van der Waals surface area contributed by atoms with Crippen molar-refractivity contribution in [2.45, 2.75) is 33.1 Å². The Balaban J connectivity index is 1.94. The molecule has 1 aliphatic rings. The van der Waals surface area contributed by atoms with Crippen LogP contribution in [0.5, 0.6) is 5.88 Å². The maximum Gasteiger partial charge on any atom is 0.242 e. The molecule has 0 bridgehead atoms. The molecule has 0 amide bonds. The zero-order valence-electron chi connectivity index (χ0n) is 11.1. The van der Waals surface area contributed by atoms with E-state index in [-0.39, 0.29) is 0 Å². The van der Waals surface area contributed by atoms with E-state index >= 15 is 0 Å². The molecule has 0 aromatic carbocycles. The van der Waals surface area contributed by atoms with Crippen LogP contribution in [0.2, 0.25) is 0 Å². The number of ether oxygens (including phenoxy) is 1. The highest BCUT2D eigenvalue weighted by Crippen LogP contribution is 2.36. The Morgan fingerprint density at radius 2 is 2.28 bits per heavy atom. The number of hydrogen-bond acceptors (Lipinski definition) is 5. The van der Waals surface area contributed by atoms with Crippen LogP contribution >= 0.6 is 0 Å². The molecule has 2 rings (SSSR count). The fourth-order valence-electron chi connectivity index (χ4n) is 1.92. The molecule has 1 aliphatic carbocycles. The summed E-state index contributed by atoms with van der Waals surface area (Å²) in [4.78, 5) is 8.22.